The van der Waals surface area contributed by atoms with Crippen molar-refractivity contribution in [3.63, 3.8) is 0 Å². The lowest BCUT2D eigenvalue weighted by Crippen LogP contribution is -2.45. The number of benzene rings is 1. The number of amides is 2. The second-order valence-electron chi connectivity index (χ2n) is 7.43. The van der Waals surface area contributed by atoms with Gasteiger partial charge in [0.05, 0.1) is 0 Å². The highest BCUT2D eigenvalue weighted by atomic mass is 19.1. The third kappa shape index (κ3) is 4.47. The SMILES string of the molecule is CC(C)CNc1ccc2c(n1)C(=O)N([C@H](C)C(=O)NCc1ccc(F)cc1)C2. The lowest BCUT2D eigenvalue weighted by atomic mass is 10.2. The number of hydrogen-bond donors (Lipinski definition) is 2. The number of carbonyl (C=O) groups is 2. The number of rotatable bonds is 7. The van der Waals surface area contributed by atoms with Crippen LogP contribution in [0.1, 0.15) is 42.4 Å². The minimum absolute atomic E-state index is 0.243. The van der Waals surface area contributed by atoms with E-state index in [1.807, 2.05) is 12.1 Å². The predicted octanol–water partition coefficient (Wildman–Crippen LogP) is 2.95. The van der Waals surface area contributed by atoms with Gasteiger partial charge in [-0.3, -0.25) is 9.59 Å². The summed E-state index contributed by atoms with van der Waals surface area (Å²) in [6.45, 7) is 7.29. The van der Waals surface area contributed by atoms with Gasteiger partial charge in [-0.05, 0) is 36.6 Å². The van der Waals surface area contributed by atoms with E-state index in [-0.39, 0.29) is 24.2 Å². The van der Waals surface area contributed by atoms with Gasteiger partial charge in [0.1, 0.15) is 23.4 Å². The highest BCUT2D eigenvalue weighted by Gasteiger charge is 2.35. The second-order valence-corrected chi connectivity index (χ2v) is 7.43. The van der Waals surface area contributed by atoms with Gasteiger partial charge in [-0.25, -0.2) is 9.37 Å². The van der Waals surface area contributed by atoms with Crippen LogP contribution in [0.5, 0.6) is 0 Å². The van der Waals surface area contributed by atoms with E-state index in [2.05, 4.69) is 29.5 Å². The predicted molar refractivity (Wildman–Crippen MR) is 105 cm³/mol. The van der Waals surface area contributed by atoms with E-state index in [0.29, 0.717) is 24.0 Å². The molecule has 6 nitrogen and oxygen atoms in total. The summed E-state index contributed by atoms with van der Waals surface area (Å²) >= 11 is 0. The molecule has 0 saturated heterocycles. The minimum atomic E-state index is -0.630. The molecule has 0 aliphatic carbocycles. The molecular formula is C21H25FN4O2. The number of nitrogens with one attached hydrogen (secondary N) is 2. The molecule has 28 heavy (non-hydrogen) atoms. The Labute approximate surface area is 164 Å². The van der Waals surface area contributed by atoms with E-state index in [4.69, 9.17) is 0 Å². The molecule has 2 heterocycles. The van der Waals surface area contributed by atoms with E-state index in [1.165, 1.54) is 17.0 Å². The standard InChI is InChI=1S/C21H25FN4O2/c1-13(2)10-23-18-9-6-16-12-26(21(28)19(16)25-18)14(3)20(27)24-11-15-4-7-17(22)8-5-15/h4-9,13-14H,10-12H2,1-3H3,(H,23,25)(H,24,27)/t14-/m1/s1. The molecule has 1 aliphatic rings. The van der Waals surface area contributed by atoms with Gasteiger partial charge in [0.25, 0.3) is 5.91 Å². The first kappa shape index (κ1) is 19.8. The molecule has 2 amide bonds. The number of carbonyl (C=O) groups excluding carboxylic acids is 2. The summed E-state index contributed by atoms with van der Waals surface area (Å²) < 4.78 is 13.0. The van der Waals surface area contributed by atoms with Crippen LogP contribution in [0.25, 0.3) is 0 Å². The molecule has 3 rings (SSSR count). The summed E-state index contributed by atoms with van der Waals surface area (Å²) in [6.07, 6.45) is 0. The average molecular weight is 384 g/mol. The topological polar surface area (TPSA) is 74.3 Å². The molecular weight excluding hydrogens is 359 g/mol. The van der Waals surface area contributed by atoms with Crippen molar-refractivity contribution in [2.45, 2.75) is 39.9 Å². The highest BCUT2D eigenvalue weighted by Crippen LogP contribution is 2.25. The van der Waals surface area contributed by atoms with Gasteiger partial charge in [-0.15, -0.1) is 0 Å². The molecule has 0 radical (unpaired) electrons. The zero-order valence-electron chi connectivity index (χ0n) is 16.3. The average Bonchev–Trinajstić information content (AvgIpc) is 3.01. The summed E-state index contributed by atoms with van der Waals surface area (Å²) in [7, 11) is 0. The highest BCUT2D eigenvalue weighted by molar-refractivity contribution is 5.99. The maximum absolute atomic E-state index is 13.0. The van der Waals surface area contributed by atoms with Gasteiger partial charge in [0.15, 0.2) is 0 Å². The Hall–Kier alpha value is -2.96. The van der Waals surface area contributed by atoms with Crippen LogP contribution in [0.15, 0.2) is 36.4 Å². The molecule has 1 atom stereocenters. The van der Waals surface area contributed by atoms with Crippen molar-refractivity contribution in [3.8, 4) is 0 Å². The Morgan fingerprint density at radius 2 is 1.89 bits per heavy atom. The van der Waals surface area contributed by atoms with E-state index < -0.39 is 6.04 Å². The van der Waals surface area contributed by atoms with Crippen LogP contribution in [0.3, 0.4) is 0 Å². The van der Waals surface area contributed by atoms with Crippen LogP contribution in [-0.4, -0.2) is 34.3 Å². The first-order chi connectivity index (χ1) is 13.3. The summed E-state index contributed by atoms with van der Waals surface area (Å²) in [5.74, 6) is 0.304. The number of aromatic nitrogens is 1. The fourth-order valence-corrected chi connectivity index (χ4v) is 2.99. The molecule has 1 aromatic carbocycles. The summed E-state index contributed by atoms with van der Waals surface area (Å²) in [6, 6.07) is 9.04. The quantitative estimate of drug-likeness (QED) is 0.770. The summed E-state index contributed by atoms with van der Waals surface area (Å²) in [5, 5.41) is 6.01. The number of hydrogen-bond acceptors (Lipinski definition) is 4. The molecule has 0 fully saturated rings. The molecule has 1 aliphatic heterocycles. The van der Waals surface area contributed by atoms with Gasteiger partial charge in [-0.2, -0.15) is 0 Å². The number of nitrogens with zero attached hydrogens (tertiary/aromatic N) is 2. The lowest BCUT2D eigenvalue weighted by molar-refractivity contribution is -0.125. The Morgan fingerprint density at radius 1 is 1.18 bits per heavy atom. The molecule has 0 saturated carbocycles. The molecule has 0 bridgehead atoms. The molecule has 2 aromatic rings. The third-order valence-corrected chi connectivity index (χ3v) is 4.70. The number of pyridine rings is 1. The Bertz CT molecular complexity index is 867. The second kappa shape index (κ2) is 8.37. The maximum atomic E-state index is 13.0. The van der Waals surface area contributed by atoms with Crippen molar-refractivity contribution in [3.05, 3.63) is 59.0 Å². The Balaban J connectivity index is 1.62. The smallest absolute Gasteiger partial charge is 0.273 e. The van der Waals surface area contributed by atoms with Crippen molar-refractivity contribution >= 4 is 17.6 Å². The van der Waals surface area contributed by atoms with E-state index in [9.17, 15) is 14.0 Å². The first-order valence-electron chi connectivity index (χ1n) is 9.42. The van der Waals surface area contributed by atoms with Gasteiger partial charge in [0, 0.05) is 25.2 Å². The van der Waals surface area contributed by atoms with Crippen LogP contribution >= 0.6 is 0 Å². The van der Waals surface area contributed by atoms with E-state index >= 15 is 0 Å². The Kier molecular flexibility index (Phi) is 5.92. The number of fused-ring (bicyclic) bond motifs is 1. The van der Waals surface area contributed by atoms with Gasteiger partial charge in [-0.1, -0.05) is 32.0 Å². The molecule has 0 unspecified atom stereocenters. The van der Waals surface area contributed by atoms with Gasteiger partial charge in [0.2, 0.25) is 5.91 Å². The van der Waals surface area contributed by atoms with Crippen molar-refractivity contribution < 1.29 is 14.0 Å². The number of anilines is 1. The third-order valence-electron chi connectivity index (χ3n) is 4.70. The first-order valence-corrected chi connectivity index (χ1v) is 9.42. The van der Waals surface area contributed by atoms with Crippen molar-refractivity contribution in [1.82, 2.24) is 15.2 Å². The summed E-state index contributed by atoms with van der Waals surface area (Å²) in [4.78, 5) is 31.2. The lowest BCUT2D eigenvalue weighted by Gasteiger charge is -2.23. The summed E-state index contributed by atoms with van der Waals surface area (Å²) in [5.41, 5.74) is 2.01. The Morgan fingerprint density at radius 3 is 2.57 bits per heavy atom. The van der Waals surface area contributed by atoms with Crippen LogP contribution < -0.4 is 10.6 Å². The minimum Gasteiger partial charge on any atom is -0.370 e. The van der Waals surface area contributed by atoms with E-state index in [1.54, 1.807) is 19.1 Å². The molecule has 0 spiro atoms. The van der Waals surface area contributed by atoms with Gasteiger partial charge >= 0.3 is 0 Å². The zero-order valence-corrected chi connectivity index (χ0v) is 16.3. The molecule has 1 aromatic heterocycles. The largest absolute Gasteiger partial charge is 0.370 e. The normalized spacial score (nSPS) is 14.2. The number of halogens is 1. The van der Waals surface area contributed by atoms with Gasteiger partial charge < -0.3 is 15.5 Å². The fourth-order valence-electron chi connectivity index (χ4n) is 2.99. The van der Waals surface area contributed by atoms with E-state index in [0.717, 1.165) is 17.7 Å². The molecule has 2 N–H and O–H groups in total. The molecule has 148 valence electrons. The van der Waals surface area contributed by atoms with Crippen LogP contribution in [0.2, 0.25) is 0 Å². The fraction of sp³-hybridized carbons (Fsp3) is 0.381. The van der Waals surface area contributed by atoms with Crippen molar-refractivity contribution in [1.29, 1.82) is 0 Å². The van der Waals surface area contributed by atoms with Crippen LogP contribution in [-0.2, 0) is 17.9 Å². The maximum Gasteiger partial charge on any atom is 0.273 e. The van der Waals surface area contributed by atoms with Crippen LogP contribution in [0, 0.1) is 11.7 Å². The monoisotopic (exact) mass is 384 g/mol. The van der Waals surface area contributed by atoms with Crippen molar-refractivity contribution in [2.75, 3.05) is 11.9 Å². The van der Waals surface area contributed by atoms with Crippen molar-refractivity contribution in [2.24, 2.45) is 5.92 Å². The molecule has 7 heteroatoms. The zero-order chi connectivity index (χ0) is 20.3. The van der Waals surface area contributed by atoms with Crippen LogP contribution in [0.4, 0.5) is 10.2 Å².